The number of hydrogen-bond acceptors (Lipinski definition) is 2. The summed E-state index contributed by atoms with van der Waals surface area (Å²) in [5, 5.41) is 13.0. The second kappa shape index (κ2) is 14.6. The highest BCUT2D eigenvalue weighted by Crippen LogP contribution is 2.37. The van der Waals surface area contributed by atoms with Crippen molar-refractivity contribution in [1.29, 1.82) is 0 Å². The van der Waals surface area contributed by atoms with Crippen molar-refractivity contribution >= 4 is 104 Å². The van der Waals surface area contributed by atoms with Crippen LogP contribution in [0.5, 0.6) is 0 Å². The van der Waals surface area contributed by atoms with Crippen LogP contribution >= 0.6 is 11.3 Å². The minimum atomic E-state index is -2.89. The largest absolute Gasteiger partial charge is 0.294 e. The van der Waals surface area contributed by atoms with Gasteiger partial charge in [0.1, 0.15) is 11.6 Å². The molecule has 0 atom stereocenters. The zero-order valence-corrected chi connectivity index (χ0v) is 36.6. The minimum absolute atomic E-state index is 0.879. The zero-order chi connectivity index (χ0) is 42.2. The molecule has 13 rings (SSSR count). The summed E-state index contributed by atoms with van der Waals surface area (Å²) in [6.45, 7) is 0. The Morgan fingerprint density at radius 3 is 1.23 bits per heavy atom. The van der Waals surface area contributed by atoms with Gasteiger partial charge in [-0.15, -0.1) is 11.3 Å². The summed E-state index contributed by atoms with van der Waals surface area (Å²) in [6, 6.07) is 87.3. The van der Waals surface area contributed by atoms with E-state index in [9.17, 15) is 0 Å². The van der Waals surface area contributed by atoms with Crippen molar-refractivity contribution in [2.24, 2.45) is 0 Å². The molecule has 13 aromatic rings. The van der Waals surface area contributed by atoms with E-state index in [4.69, 9.17) is 4.98 Å². The smallest absolute Gasteiger partial charge is 0.181 e. The molecular formula is C59H39N3SSi. The Morgan fingerprint density at radius 1 is 0.328 bits per heavy atom. The zero-order valence-electron chi connectivity index (χ0n) is 34.8. The highest BCUT2D eigenvalue weighted by Gasteiger charge is 2.43. The fraction of sp³-hybridized carbons (Fsp3) is 0. The van der Waals surface area contributed by atoms with E-state index in [-0.39, 0.29) is 0 Å². The van der Waals surface area contributed by atoms with E-state index in [0.717, 1.165) is 44.8 Å². The molecule has 0 N–H and O–H groups in total. The molecule has 0 aliphatic rings. The Morgan fingerprint density at radius 2 is 0.734 bits per heavy atom. The Bertz CT molecular complexity index is 3620. The third kappa shape index (κ3) is 5.48. The first-order valence-corrected chi connectivity index (χ1v) is 24.7. The quantitative estimate of drug-likeness (QED) is 0.116. The standard InChI is InChI=1S/C59H39N3SSi/c1-3-18-42(19-4-1)64(43-20-5-2-6-21-43,56-33-17-27-50-49-26-11-16-32-55(49)63-59(50)56)44-36-34-40(35-37-44)41-38-57(61-51-28-12-7-22-45(51)46-23-8-13-29-52(46)61)60-58(39-41)62-53-30-14-9-24-47(53)48-25-10-15-31-54(48)62/h1-39H. The fourth-order valence-electron chi connectivity index (χ4n) is 10.5. The minimum Gasteiger partial charge on any atom is -0.294 e. The lowest BCUT2D eigenvalue weighted by molar-refractivity contribution is 1.01. The number of thiophene rings is 1. The first-order valence-electron chi connectivity index (χ1n) is 21.9. The van der Waals surface area contributed by atoms with Crippen LogP contribution in [0.25, 0.3) is 86.5 Å². The van der Waals surface area contributed by atoms with Gasteiger partial charge in [0.25, 0.3) is 0 Å². The SMILES string of the molecule is c1ccc([Si](c2ccccc2)(c2ccc(-c3cc(-n4c5ccccc5c5ccccc54)nc(-n4c5ccccc5c5ccccc54)c3)cc2)c2cccc3c2sc2ccccc23)cc1. The van der Waals surface area contributed by atoms with Crippen LogP contribution in [0.1, 0.15) is 0 Å². The number of para-hydroxylation sites is 4. The van der Waals surface area contributed by atoms with Crippen molar-refractivity contribution in [2.75, 3.05) is 0 Å². The molecule has 4 aromatic heterocycles. The molecule has 0 fully saturated rings. The number of rotatable bonds is 7. The number of hydrogen-bond donors (Lipinski definition) is 0. The summed E-state index contributed by atoms with van der Waals surface area (Å²) in [4.78, 5) is 5.60. The molecule has 0 spiro atoms. The third-order valence-electron chi connectivity index (χ3n) is 13.3. The number of benzene rings is 9. The van der Waals surface area contributed by atoms with E-state index in [1.165, 1.54) is 62.5 Å². The maximum absolute atomic E-state index is 5.60. The normalized spacial score (nSPS) is 12.1. The lowest BCUT2D eigenvalue weighted by Gasteiger charge is -2.35. The molecule has 0 saturated heterocycles. The van der Waals surface area contributed by atoms with Crippen LogP contribution in [0.3, 0.4) is 0 Å². The third-order valence-corrected chi connectivity index (χ3v) is 19.5. The van der Waals surface area contributed by atoms with Gasteiger partial charge in [-0.3, -0.25) is 9.13 Å². The molecule has 64 heavy (non-hydrogen) atoms. The second-order valence-corrected chi connectivity index (χ2v) is 21.5. The van der Waals surface area contributed by atoms with Gasteiger partial charge in [0.05, 0.1) is 22.1 Å². The van der Waals surface area contributed by atoms with Crippen LogP contribution in [0, 0.1) is 0 Å². The van der Waals surface area contributed by atoms with E-state index in [2.05, 4.69) is 246 Å². The molecule has 4 heterocycles. The summed E-state index contributed by atoms with van der Waals surface area (Å²) in [5.74, 6) is 1.76. The highest BCUT2D eigenvalue weighted by atomic mass is 32.1. The summed E-state index contributed by atoms with van der Waals surface area (Å²) < 4.78 is 7.37. The van der Waals surface area contributed by atoms with E-state index < -0.39 is 8.07 Å². The molecule has 300 valence electrons. The summed E-state index contributed by atoms with van der Waals surface area (Å²) in [7, 11) is -2.89. The molecule has 0 amide bonds. The van der Waals surface area contributed by atoms with Gasteiger partial charge >= 0.3 is 0 Å². The summed E-state index contributed by atoms with van der Waals surface area (Å²) in [5.41, 5.74) is 6.78. The van der Waals surface area contributed by atoms with Crippen LogP contribution < -0.4 is 20.7 Å². The van der Waals surface area contributed by atoms with E-state index in [1.807, 2.05) is 11.3 Å². The molecule has 5 heteroatoms. The molecule has 3 nitrogen and oxygen atoms in total. The van der Waals surface area contributed by atoms with Crippen molar-refractivity contribution in [3.8, 4) is 22.8 Å². The van der Waals surface area contributed by atoms with Crippen molar-refractivity contribution in [3.05, 3.63) is 237 Å². The fourth-order valence-corrected chi connectivity index (χ4v) is 17.1. The molecule has 0 radical (unpaired) electrons. The molecule has 0 aliphatic carbocycles. The van der Waals surface area contributed by atoms with Gasteiger partial charge in [-0.1, -0.05) is 194 Å². The molecule has 0 saturated carbocycles. The van der Waals surface area contributed by atoms with Crippen molar-refractivity contribution in [3.63, 3.8) is 0 Å². The molecule has 9 aromatic carbocycles. The maximum Gasteiger partial charge on any atom is 0.181 e. The van der Waals surface area contributed by atoms with Gasteiger partial charge in [0.15, 0.2) is 8.07 Å². The van der Waals surface area contributed by atoms with Crippen LogP contribution in [0.15, 0.2) is 237 Å². The van der Waals surface area contributed by atoms with Crippen LogP contribution in [-0.2, 0) is 0 Å². The Hall–Kier alpha value is -7.83. The van der Waals surface area contributed by atoms with Gasteiger partial charge in [-0.2, -0.15) is 0 Å². The van der Waals surface area contributed by atoms with Gasteiger partial charge < -0.3 is 0 Å². The Balaban J connectivity index is 1.07. The van der Waals surface area contributed by atoms with Gasteiger partial charge in [-0.05, 0) is 74.3 Å². The average molecular weight is 850 g/mol. The number of aromatic nitrogens is 3. The first kappa shape index (κ1) is 36.8. The van der Waals surface area contributed by atoms with Crippen LogP contribution in [0.4, 0.5) is 0 Å². The van der Waals surface area contributed by atoms with Crippen molar-refractivity contribution in [1.82, 2.24) is 14.1 Å². The first-order chi connectivity index (χ1) is 31.8. The topological polar surface area (TPSA) is 22.8 Å². The lowest BCUT2D eigenvalue weighted by atomic mass is 10.1. The number of fused-ring (bicyclic) bond motifs is 9. The molecular weight excluding hydrogens is 811 g/mol. The number of pyridine rings is 1. The van der Waals surface area contributed by atoms with E-state index in [0.29, 0.717) is 0 Å². The van der Waals surface area contributed by atoms with Crippen LogP contribution in [0.2, 0.25) is 0 Å². The number of nitrogens with zero attached hydrogens (tertiary/aromatic N) is 3. The van der Waals surface area contributed by atoms with Gasteiger partial charge in [-0.25, -0.2) is 4.98 Å². The molecule has 0 bridgehead atoms. The second-order valence-electron chi connectivity index (χ2n) is 16.7. The van der Waals surface area contributed by atoms with E-state index >= 15 is 0 Å². The van der Waals surface area contributed by atoms with Gasteiger partial charge in [0.2, 0.25) is 0 Å². The monoisotopic (exact) mass is 849 g/mol. The van der Waals surface area contributed by atoms with Crippen molar-refractivity contribution < 1.29 is 0 Å². The molecule has 0 aliphatic heterocycles. The summed E-state index contributed by atoms with van der Waals surface area (Å²) in [6.07, 6.45) is 0. The van der Waals surface area contributed by atoms with Crippen LogP contribution in [-0.4, -0.2) is 22.2 Å². The van der Waals surface area contributed by atoms with Crippen molar-refractivity contribution in [2.45, 2.75) is 0 Å². The summed E-state index contributed by atoms with van der Waals surface area (Å²) >= 11 is 1.93. The predicted octanol–water partition coefficient (Wildman–Crippen LogP) is 12.7. The lowest BCUT2D eigenvalue weighted by Crippen LogP contribution is -2.74. The average Bonchev–Trinajstić information content (AvgIpc) is 4.03. The highest BCUT2D eigenvalue weighted by molar-refractivity contribution is 7.30. The maximum atomic E-state index is 5.60. The molecule has 0 unspecified atom stereocenters. The Kier molecular flexibility index (Phi) is 8.41. The Labute approximate surface area is 375 Å². The predicted molar refractivity (Wildman–Crippen MR) is 275 cm³/mol. The van der Waals surface area contributed by atoms with E-state index in [1.54, 1.807) is 0 Å². The van der Waals surface area contributed by atoms with Gasteiger partial charge in [0, 0.05) is 41.7 Å².